The summed E-state index contributed by atoms with van der Waals surface area (Å²) >= 11 is 17.6. The number of aryl methyl sites for hydroxylation is 2. The first-order chi connectivity index (χ1) is 13.0. The first kappa shape index (κ1) is 20.0. The number of carbonyl (C=O) groups excluding carboxylic acids is 1. The summed E-state index contributed by atoms with van der Waals surface area (Å²) in [5, 5.41) is 1.07. The van der Waals surface area contributed by atoms with Crippen molar-refractivity contribution in [3.8, 4) is 0 Å². The number of aromatic nitrogens is 1. The van der Waals surface area contributed by atoms with E-state index in [2.05, 4.69) is 17.6 Å². The Balaban J connectivity index is 2.04. The summed E-state index contributed by atoms with van der Waals surface area (Å²) in [7, 11) is 0. The van der Waals surface area contributed by atoms with Gasteiger partial charge in [0.1, 0.15) is 0 Å². The third-order valence-electron chi connectivity index (χ3n) is 4.67. The Hall–Kier alpha value is -1.75. The van der Waals surface area contributed by atoms with Crippen LogP contribution in [-0.4, -0.2) is 17.4 Å². The van der Waals surface area contributed by atoms with Crippen LogP contribution in [0.15, 0.2) is 54.3 Å². The number of halogens is 2. The van der Waals surface area contributed by atoms with Gasteiger partial charge in [0.2, 0.25) is 11.8 Å². The Morgan fingerprint density at radius 3 is 2.67 bits per heavy atom. The molecule has 0 saturated heterocycles. The Kier molecular flexibility index (Phi) is 6.64. The number of benzene rings is 1. The van der Waals surface area contributed by atoms with Crippen LogP contribution < -0.4 is 4.57 Å². The van der Waals surface area contributed by atoms with Crippen molar-refractivity contribution in [3.05, 3.63) is 76.0 Å². The van der Waals surface area contributed by atoms with Gasteiger partial charge in [-0.25, -0.2) is 0 Å². The zero-order valence-corrected chi connectivity index (χ0v) is 17.2. The number of Topliss-reactive ketones (excluding diaryl/α,β-unsaturated/α-hetero) is 1. The SMILES string of the molecule is C=CCN=C([S-])C(C(=O)c1ccc(Cl)c(Cl)c1)[n+]1ccc2c(c1)CCCC2. The van der Waals surface area contributed by atoms with Gasteiger partial charge in [-0.2, -0.15) is 4.57 Å². The highest BCUT2D eigenvalue weighted by atomic mass is 35.5. The summed E-state index contributed by atoms with van der Waals surface area (Å²) in [6, 6.07) is 6.24. The highest BCUT2D eigenvalue weighted by Gasteiger charge is 2.29. The molecule has 0 radical (unpaired) electrons. The maximum atomic E-state index is 13.3. The van der Waals surface area contributed by atoms with E-state index in [0.717, 1.165) is 19.3 Å². The Morgan fingerprint density at radius 1 is 1.22 bits per heavy atom. The molecule has 1 atom stereocenters. The van der Waals surface area contributed by atoms with E-state index in [1.165, 1.54) is 17.5 Å². The highest BCUT2D eigenvalue weighted by molar-refractivity contribution is 7.77. The first-order valence-corrected chi connectivity index (χ1v) is 10.0. The van der Waals surface area contributed by atoms with Crippen molar-refractivity contribution in [2.45, 2.75) is 31.7 Å². The molecule has 1 unspecified atom stereocenters. The largest absolute Gasteiger partial charge is 0.758 e. The van der Waals surface area contributed by atoms with E-state index in [1.807, 2.05) is 17.0 Å². The highest BCUT2D eigenvalue weighted by Crippen LogP contribution is 2.25. The van der Waals surface area contributed by atoms with Gasteiger partial charge in [-0.15, -0.1) is 6.58 Å². The van der Waals surface area contributed by atoms with E-state index < -0.39 is 6.04 Å². The van der Waals surface area contributed by atoms with Crippen molar-refractivity contribution < 1.29 is 9.36 Å². The standard InChI is InChI=1S/C21H20Cl2N2OS/c1-2-10-24-21(27)19(20(26)15-7-8-17(22)18(23)12-15)25-11-9-14-5-3-4-6-16(14)13-25/h2,7-9,11-13,19H,1,3-6,10H2. The summed E-state index contributed by atoms with van der Waals surface area (Å²) in [5.41, 5.74) is 3.06. The predicted octanol–water partition coefficient (Wildman–Crippen LogP) is 4.72. The molecule has 0 fully saturated rings. The molecule has 27 heavy (non-hydrogen) atoms. The molecule has 0 saturated carbocycles. The topological polar surface area (TPSA) is 33.3 Å². The third-order valence-corrected chi connectivity index (χ3v) is 5.76. The maximum Gasteiger partial charge on any atom is 0.237 e. The van der Waals surface area contributed by atoms with E-state index in [9.17, 15) is 4.79 Å². The lowest BCUT2D eigenvalue weighted by Crippen LogP contribution is -2.48. The zero-order chi connectivity index (χ0) is 19.4. The van der Waals surface area contributed by atoms with Gasteiger partial charge in [-0.3, -0.25) is 4.79 Å². The van der Waals surface area contributed by atoms with Crippen LogP contribution in [0.2, 0.25) is 10.0 Å². The Bertz CT molecular complexity index is 911. The molecule has 0 amide bonds. The van der Waals surface area contributed by atoms with E-state index in [4.69, 9.17) is 35.8 Å². The number of carbonyl (C=O) groups is 1. The molecule has 1 heterocycles. The van der Waals surface area contributed by atoms with Crippen LogP contribution in [0.25, 0.3) is 0 Å². The molecule has 3 nitrogen and oxygen atoms in total. The predicted molar refractivity (Wildman–Crippen MR) is 113 cm³/mol. The van der Waals surface area contributed by atoms with Gasteiger partial charge < -0.3 is 17.6 Å². The van der Waals surface area contributed by atoms with Gasteiger partial charge in [0.15, 0.2) is 12.4 Å². The fourth-order valence-corrected chi connectivity index (χ4v) is 3.87. The van der Waals surface area contributed by atoms with Crippen molar-refractivity contribution in [1.82, 2.24) is 0 Å². The van der Waals surface area contributed by atoms with Gasteiger partial charge in [-0.05, 0) is 54.5 Å². The molecule has 6 heteroatoms. The minimum absolute atomic E-state index is 0.160. The summed E-state index contributed by atoms with van der Waals surface area (Å²) in [6.45, 7) is 4.04. The maximum absolute atomic E-state index is 13.3. The van der Waals surface area contributed by atoms with Crippen LogP contribution in [-0.2, 0) is 25.5 Å². The zero-order valence-electron chi connectivity index (χ0n) is 14.8. The quantitative estimate of drug-likeness (QED) is 0.170. The van der Waals surface area contributed by atoms with Crippen molar-refractivity contribution in [2.75, 3.05) is 6.54 Å². The molecule has 0 N–H and O–H groups in total. The van der Waals surface area contributed by atoms with Crippen molar-refractivity contribution in [2.24, 2.45) is 4.99 Å². The van der Waals surface area contributed by atoms with E-state index in [-0.39, 0.29) is 5.78 Å². The van der Waals surface area contributed by atoms with Crippen LogP contribution in [0.4, 0.5) is 0 Å². The van der Waals surface area contributed by atoms with Crippen LogP contribution in [0, 0.1) is 0 Å². The van der Waals surface area contributed by atoms with Crippen LogP contribution >= 0.6 is 23.2 Å². The van der Waals surface area contributed by atoms with E-state index in [1.54, 1.807) is 24.3 Å². The summed E-state index contributed by atoms with van der Waals surface area (Å²) in [5.74, 6) is -0.160. The molecule has 1 aromatic heterocycles. The van der Waals surface area contributed by atoms with E-state index >= 15 is 0 Å². The average molecular weight is 419 g/mol. The molecule has 0 aliphatic heterocycles. The average Bonchev–Trinajstić information content (AvgIpc) is 2.68. The fraction of sp³-hybridized carbons (Fsp3) is 0.286. The lowest BCUT2D eigenvalue weighted by atomic mass is 9.93. The van der Waals surface area contributed by atoms with Gasteiger partial charge in [0.05, 0.1) is 16.6 Å². The third kappa shape index (κ3) is 4.57. The van der Waals surface area contributed by atoms with Crippen molar-refractivity contribution in [3.63, 3.8) is 0 Å². The second kappa shape index (κ2) is 8.96. The molecular formula is C21H20Cl2N2OS. The first-order valence-electron chi connectivity index (χ1n) is 8.85. The summed E-state index contributed by atoms with van der Waals surface area (Å²) in [6.07, 6.45) is 10.1. The number of fused-ring (bicyclic) bond motifs is 1. The van der Waals surface area contributed by atoms with Crippen LogP contribution in [0.3, 0.4) is 0 Å². The molecule has 0 spiro atoms. The van der Waals surface area contributed by atoms with Gasteiger partial charge in [0, 0.05) is 17.2 Å². The summed E-state index contributed by atoms with van der Waals surface area (Å²) < 4.78 is 1.87. The molecular weight excluding hydrogens is 399 g/mol. The van der Waals surface area contributed by atoms with E-state index in [0.29, 0.717) is 27.2 Å². The number of hydrogen-bond donors (Lipinski definition) is 0. The molecule has 1 aliphatic rings. The second-order valence-electron chi connectivity index (χ2n) is 6.51. The van der Waals surface area contributed by atoms with Crippen LogP contribution in [0.5, 0.6) is 0 Å². The fourth-order valence-electron chi connectivity index (χ4n) is 3.27. The van der Waals surface area contributed by atoms with Crippen molar-refractivity contribution in [1.29, 1.82) is 0 Å². The normalized spacial score (nSPS) is 15.1. The molecule has 2 aromatic rings. The van der Waals surface area contributed by atoms with Gasteiger partial charge >= 0.3 is 0 Å². The monoisotopic (exact) mass is 418 g/mol. The molecule has 1 aromatic carbocycles. The van der Waals surface area contributed by atoms with Crippen molar-refractivity contribution >= 4 is 46.7 Å². The number of rotatable bonds is 6. The van der Waals surface area contributed by atoms with Gasteiger partial charge in [-0.1, -0.05) is 29.3 Å². The molecule has 1 aliphatic carbocycles. The number of aliphatic imine (C=N–C) groups is 1. The summed E-state index contributed by atoms with van der Waals surface area (Å²) in [4.78, 5) is 17.6. The second-order valence-corrected chi connectivity index (χ2v) is 7.75. The molecule has 3 rings (SSSR count). The molecule has 0 bridgehead atoms. The number of hydrogen-bond acceptors (Lipinski definition) is 3. The smallest absolute Gasteiger partial charge is 0.237 e. The number of nitrogens with zero attached hydrogens (tertiary/aromatic N) is 2. The number of ketones is 1. The Morgan fingerprint density at radius 2 is 1.96 bits per heavy atom. The lowest BCUT2D eigenvalue weighted by molar-refractivity contribution is -0.692. The minimum atomic E-state index is -0.704. The Labute approximate surface area is 175 Å². The minimum Gasteiger partial charge on any atom is -0.758 e. The lowest BCUT2D eigenvalue weighted by Gasteiger charge is -2.21. The van der Waals surface area contributed by atoms with Crippen LogP contribution in [0.1, 0.15) is 40.4 Å². The number of pyridine rings is 1. The molecule has 140 valence electrons. The van der Waals surface area contributed by atoms with Gasteiger partial charge in [0.25, 0.3) is 0 Å².